The van der Waals surface area contributed by atoms with Gasteiger partial charge in [-0.05, 0) is 33.0 Å². The van der Waals surface area contributed by atoms with Gasteiger partial charge in [-0.3, -0.25) is 4.79 Å². The van der Waals surface area contributed by atoms with Crippen LogP contribution in [0.3, 0.4) is 0 Å². The highest BCUT2D eigenvalue weighted by Gasteiger charge is 2.32. The van der Waals surface area contributed by atoms with Gasteiger partial charge in [0.25, 0.3) is 0 Å². The van der Waals surface area contributed by atoms with Crippen molar-refractivity contribution in [3.8, 4) is 0 Å². The molecular formula is C10H22N2O3. The Hall–Kier alpha value is -0.650. The SMILES string of the molecule is CCNCCCNC(C)(COC)C(=O)O. The monoisotopic (exact) mass is 218 g/mol. The minimum atomic E-state index is -0.985. The van der Waals surface area contributed by atoms with Gasteiger partial charge in [-0.1, -0.05) is 6.92 Å². The maximum atomic E-state index is 11.0. The fourth-order valence-corrected chi connectivity index (χ4v) is 1.23. The van der Waals surface area contributed by atoms with Crippen LogP contribution >= 0.6 is 0 Å². The first kappa shape index (κ1) is 14.3. The number of ether oxygens (including phenoxy) is 1. The molecule has 5 heteroatoms. The Bertz CT molecular complexity index is 188. The van der Waals surface area contributed by atoms with E-state index in [1.54, 1.807) is 6.92 Å². The van der Waals surface area contributed by atoms with E-state index in [1.807, 2.05) is 6.92 Å². The molecule has 90 valence electrons. The molecular weight excluding hydrogens is 196 g/mol. The average Bonchev–Trinajstić information content (AvgIpc) is 2.18. The van der Waals surface area contributed by atoms with E-state index in [1.165, 1.54) is 7.11 Å². The zero-order valence-corrected chi connectivity index (χ0v) is 9.80. The van der Waals surface area contributed by atoms with Crippen LogP contribution in [0.5, 0.6) is 0 Å². The second-order valence-electron chi connectivity index (χ2n) is 3.70. The first-order chi connectivity index (χ1) is 7.06. The van der Waals surface area contributed by atoms with E-state index < -0.39 is 11.5 Å². The summed E-state index contributed by atoms with van der Waals surface area (Å²) in [6, 6.07) is 0. The van der Waals surface area contributed by atoms with E-state index in [9.17, 15) is 4.79 Å². The normalized spacial score (nSPS) is 14.9. The minimum Gasteiger partial charge on any atom is -0.480 e. The van der Waals surface area contributed by atoms with Crippen molar-refractivity contribution < 1.29 is 14.6 Å². The summed E-state index contributed by atoms with van der Waals surface area (Å²) in [6.07, 6.45) is 0.903. The number of carboxylic acid groups (broad SMARTS) is 1. The second-order valence-corrected chi connectivity index (χ2v) is 3.70. The Morgan fingerprint density at radius 2 is 2.13 bits per heavy atom. The lowest BCUT2D eigenvalue weighted by Crippen LogP contribution is -2.53. The Morgan fingerprint density at radius 1 is 1.47 bits per heavy atom. The predicted octanol–water partition coefficient (Wildman–Crippen LogP) is 0.0653. The van der Waals surface area contributed by atoms with Crippen LogP contribution in [-0.4, -0.2) is 50.0 Å². The van der Waals surface area contributed by atoms with Gasteiger partial charge in [0.05, 0.1) is 6.61 Å². The van der Waals surface area contributed by atoms with Crippen LogP contribution in [0.4, 0.5) is 0 Å². The van der Waals surface area contributed by atoms with E-state index >= 15 is 0 Å². The Balaban J connectivity index is 3.81. The smallest absolute Gasteiger partial charge is 0.326 e. The van der Waals surface area contributed by atoms with Gasteiger partial charge in [-0.2, -0.15) is 0 Å². The van der Waals surface area contributed by atoms with E-state index in [4.69, 9.17) is 9.84 Å². The van der Waals surface area contributed by atoms with Crippen molar-refractivity contribution in [3.05, 3.63) is 0 Å². The molecule has 0 aromatic heterocycles. The van der Waals surface area contributed by atoms with Crippen LogP contribution < -0.4 is 10.6 Å². The van der Waals surface area contributed by atoms with Gasteiger partial charge in [0, 0.05) is 7.11 Å². The fraction of sp³-hybridized carbons (Fsp3) is 0.900. The van der Waals surface area contributed by atoms with Crippen molar-refractivity contribution in [2.45, 2.75) is 25.8 Å². The summed E-state index contributed by atoms with van der Waals surface area (Å²) in [5.74, 6) is -0.882. The number of rotatable bonds is 9. The molecule has 0 heterocycles. The van der Waals surface area contributed by atoms with Gasteiger partial charge in [0.2, 0.25) is 0 Å². The molecule has 1 unspecified atom stereocenters. The Kier molecular flexibility index (Phi) is 7.29. The standard InChI is InChI=1S/C10H22N2O3/c1-4-11-6-5-7-12-10(2,8-15-3)9(13)14/h11-12H,4-8H2,1-3H3,(H,13,14). The molecule has 0 saturated heterocycles. The highest BCUT2D eigenvalue weighted by atomic mass is 16.5. The molecule has 0 saturated carbocycles. The van der Waals surface area contributed by atoms with Crippen molar-refractivity contribution in [1.82, 2.24) is 10.6 Å². The molecule has 0 aliphatic heterocycles. The first-order valence-electron chi connectivity index (χ1n) is 5.25. The quantitative estimate of drug-likeness (QED) is 0.478. The molecule has 0 rings (SSSR count). The van der Waals surface area contributed by atoms with Gasteiger partial charge in [0.15, 0.2) is 0 Å². The maximum Gasteiger partial charge on any atom is 0.326 e. The number of hydrogen-bond acceptors (Lipinski definition) is 4. The zero-order chi connectivity index (χ0) is 11.7. The zero-order valence-electron chi connectivity index (χ0n) is 9.80. The van der Waals surface area contributed by atoms with Gasteiger partial charge >= 0.3 is 5.97 Å². The van der Waals surface area contributed by atoms with Crippen LogP contribution in [0, 0.1) is 0 Å². The molecule has 0 aliphatic carbocycles. The lowest BCUT2D eigenvalue weighted by atomic mass is 10.0. The van der Waals surface area contributed by atoms with Crippen molar-refractivity contribution in [2.75, 3.05) is 33.4 Å². The summed E-state index contributed by atoms with van der Waals surface area (Å²) >= 11 is 0. The number of carbonyl (C=O) groups is 1. The minimum absolute atomic E-state index is 0.170. The van der Waals surface area contributed by atoms with Crippen LogP contribution in [0.25, 0.3) is 0 Å². The largest absolute Gasteiger partial charge is 0.480 e. The second kappa shape index (κ2) is 7.62. The summed E-state index contributed by atoms with van der Waals surface area (Å²) in [5, 5.41) is 15.2. The Morgan fingerprint density at radius 3 is 2.60 bits per heavy atom. The van der Waals surface area contributed by atoms with Crippen molar-refractivity contribution in [1.29, 1.82) is 0 Å². The topological polar surface area (TPSA) is 70.6 Å². The van der Waals surface area contributed by atoms with Crippen LogP contribution in [0.15, 0.2) is 0 Å². The molecule has 0 aromatic rings. The van der Waals surface area contributed by atoms with Gasteiger partial charge in [0.1, 0.15) is 5.54 Å². The summed E-state index contributed by atoms with van der Waals surface area (Å²) < 4.78 is 4.89. The molecule has 15 heavy (non-hydrogen) atoms. The van der Waals surface area contributed by atoms with E-state index in [-0.39, 0.29) is 6.61 Å². The fourth-order valence-electron chi connectivity index (χ4n) is 1.23. The highest BCUT2D eigenvalue weighted by Crippen LogP contribution is 2.04. The summed E-state index contributed by atoms with van der Waals surface area (Å²) in [5.41, 5.74) is -0.985. The molecule has 0 aromatic carbocycles. The highest BCUT2D eigenvalue weighted by molar-refractivity contribution is 5.78. The molecule has 1 atom stereocenters. The van der Waals surface area contributed by atoms with Crippen LogP contribution in [-0.2, 0) is 9.53 Å². The number of nitrogens with one attached hydrogen (secondary N) is 2. The third-order valence-corrected chi connectivity index (χ3v) is 2.20. The van der Waals surface area contributed by atoms with Crippen LogP contribution in [0.1, 0.15) is 20.3 Å². The number of carboxylic acids is 1. The third-order valence-electron chi connectivity index (χ3n) is 2.20. The van der Waals surface area contributed by atoms with Gasteiger partial charge < -0.3 is 20.5 Å². The first-order valence-corrected chi connectivity index (χ1v) is 5.25. The number of hydrogen-bond donors (Lipinski definition) is 3. The maximum absolute atomic E-state index is 11.0. The lowest BCUT2D eigenvalue weighted by molar-refractivity contribution is -0.146. The molecule has 0 aliphatic rings. The molecule has 3 N–H and O–H groups in total. The lowest BCUT2D eigenvalue weighted by Gasteiger charge is -2.25. The molecule has 0 bridgehead atoms. The molecule has 0 fully saturated rings. The molecule has 0 radical (unpaired) electrons. The molecule has 0 spiro atoms. The summed E-state index contributed by atoms with van der Waals surface area (Å²) in [4.78, 5) is 11.0. The van der Waals surface area contributed by atoms with Crippen molar-refractivity contribution in [3.63, 3.8) is 0 Å². The predicted molar refractivity (Wildman–Crippen MR) is 59.1 cm³/mol. The van der Waals surface area contributed by atoms with Crippen LogP contribution in [0.2, 0.25) is 0 Å². The number of aliphatic carboxylic acids is 1. The van der Waals surface area contributed by atoms with E-state index in [0.29, 0.717) is 6.54 Å². The Labute approximate surface area is 91.2 Å². The molecule has 0 amide bonds. The number of methoxy groups -OCH3 is 1. The third kappa shape index (κ3) is 5.71. The van der Waals surface area contributed by atoms with Gasteiger partial charge in [-0.25, -0.2) is 0 Å². The van der Waals surface area contributed by atoms with E-state index in [0.717, 1.165) is 19.5 Å². The van der Waals surface area contributed by atoms with Crippen molar-refractivity contribution in [2.24, 2.45) is 0 Å². The van der Waals surface area contributed by atoms with Gasteiger partial charge in [-0.15, -0.1) is 0 Å². The van der Waals surface area contributed by atoms with Crippen molar-refractivity contribution >= 4 is 5.97 Å². The molecule has 5 nitrogen and oxygen atoms in total. The van der Waals surface area contributed by atoms with E-state index in [2.05, 4.69) is 10.6 Å². The summed E-state index contributed by atoms with van der Waals surface area (Å²) in [6.45, 7) is 6.34. The average molecular weight is 218 g/mol. The summed E-state index contributed by atoms with van der Waals surface area (Å²) in [7, 11) is 1.50.